The van der Waals surface area contributed by atoms with E-state index in [2.05, 4.69) is 41.9 Å². The summed E-state index contributed by atoms with van der Waals surface area (Å²) in [6.45, 7) is 0.677. The van der Waals surface area contributed by atoms with Crippen LogP contribution >= 0.6 is 27.5 Å². The average Bonchev–Trinajstić information content (AvgIpc) is 3.10. The van der Waals surface area contributed by atoms with Crippen LogP contribution in [-0.4, -0.2) is 21.5 Å². The van der Waals surface area contributed by atoms with E-state index in [0.29, 0.717) is 28.2 Å². The van der Waals surface area contributed by atoms with Gasteiger partial charge in [0.05, 0.1) is 22.7 Å². The molecule has 0 aliphatic carbocycles. The van der Waals surface area contributed by atoms with E-state index in [0.717, 1.165) is 28.6 Å². The van der Waals surface area contributed by atoms with Gasteiger partial charge >= 0.3 is 0 Å². The van der Waals surface area contributed by atoms with Crippen molar-refractivity contribution in [3.63, 3.8) is 0 Å². The topological polar surface area (TPSA) is 68.6 Å². The number of aromatic amines is 1. The highest BCUT2D eigenvalue weighted by Crippen LogP contribution is 2.40. The van der Waals surface area contributed by atoms with Gasteiger partial charge in [-0.3, -0.25) is 0 Å². The lowest BCUT2D eigenvalue weighted by Gasteiger charge is -2.36. The van der Waals surface area contributed by atoms with Gasteiger partial charge in [-0.1, -0.05) is 23.7 Å². The first-order valence-corrected chi connectivity index (χ1v) is 10.5. The highest BCUT2D eigenvalue weighted by atomic mass is 79.9. The van der Waals surface area contributed by atoms with E-state index in [1.165, 1.54) is 6.07 Å². The van der Waals surface area contributed by atoms with Gasteiger partial charge in [-0.05, 0) is 63.8 Å². The molecule has 1 atom stereocenters. The molecule has 0 amide bonds. The molecule has 1 unspecified atom stereocenters. The van der Waals surface area contributed by atoms with Gasteiger partial charge < -0.3 is 9.88 Å². The zero-order chi connectivity index (χ0) is 20.8. The van der Waals surface area contributed by atoms with Crippen molar-refractivity contribution in [3.8, 4) is 6.07 Å². The molecule has 4 aromatic rings. The largest absolute Gasteiger partial charge is 0.356 e. The number of rotatable bonds is 2. The Balaban J connectivity index is 1.72. The maximum atomic E-state index is 14.1. The predicted molar refractivity (Wildman–Crippen MR) is 117 cm³/mol. The first kappa shape index (κ1) is 19.0. The Bertz CT molecular complexity index is 1310. The summed E-state index contributed by atoms with van der Waals surface area (Å²) in [7, 11) is 0. The van der Waals surface area contributed by atoms with E-state index < -0.39 is 5.82 Å². The van der Waals surface area contributed by atoms with Crippen molar-refractivity contribution in [2.75, 3.05) is 11.4 Å². The molecule has 0 spiro atoms. The number of hydrogen-bond donors (Lipinski definition) is 1. The third-order valence-electron chi connectivity index (χ3n) is 5.39. The lowest BCUT2D eigenvalue weighted by Crippen LogP contribution is -2.37. The molecule has 2 aromatic heterocycles. The summed E-state index contributed by atoms with van der Waals surface area (Å²) in [5.41, 5.74) is 4.33. The maximum absolute atomic E-state index is 14.1. The van der Waals surface area contributed by atoms with Crippen LogP contribution in [0, 0.1) is 17.1 Å². The molecule has 148 valence electrons. The minimum Gasteiger partial charge on any atom is -0.356 e. The van der Waals surface area contributed by atoms with Gasteiger partial charge in [0.15, 0.2) is 0 Å². The molecule has 1 N–H and O–H groups in total. The number of aromatic nitrogens is 3. The number of nitrogens with zero attached hydrogens (tertiary/aromatic N) is 4. The normalized spacial score (nSPS) is 15.8. The second kappa shape index (κ2) is 7.38. The summed E-state index contributed by atoms with van der Waals surface area (Å²) in [6, 6.07) is 14.3. The lowest BCUT2D eigenvalue weighted by molar-refractivity contribution is 0.625. The highest BCUT2D eigenvalue weighted by molar-refractivity contribution is 9.10. The van der Waals surface area contributed by atoms with Gasteiger partial charge in [-0.15, -0.1) is 0 Å². The summed E-state index contributed by atoms with van der Waals surface area (Å²) in [6.07, 6.45) is 2.44. The van der Waals surface area contributed by atoms with Crippen molar-refractivity contribution in [2.24, 2.45) is 0 Å². The minimum absolute atomic E-state index is 0.108. The number of nitriles is 1. The Hall–Kier alpha value is -2.95. The third-order valence-corrected chi connectivity index (χ3v) is 6.12. The first-order valence-electron chi connectivity index (χ1n) is 9.30. The van der Waals surface area contributed by atoms with E-state index in [9.17, 15) is 4.39 Å². The standard InChI is InChI=1S/C22H14BrClFN5/c23-19-5-7-27-22(29-19)30-8-6-14-15-9-16(24)17(25)10-18(15)28-20(14)21(30)13-3-1-12(11-26)2-4-13/h1-5,7,9-10,21,28H,6,8H2. The van der Waals surface area contributed by atoms with Crippen molar-refractivity contribution in [1.82, 2.24) is 15.0 Å². The Morgan fingerprint density at radius 2 is 2.03 bits per heavy atom. The van der Waals surface area contributed by atoms with Crippen molar-refractivity contribution in [3.05, 3.63) is 86.5 Å². The summed E-state index contributed by atoms with van der Waals surface area (Å²) < 4.78 is 14.8. The van der Waals surface area contributed by atoms with Crippen molar-refractivity contribution >= 4 is 44.4 Å². The molecule has 3 heterocycles. The van der Waals surface area contributed by atoms with Gasteiger partial charge in [0, 0.05) is 29.3 Å². The van der Waals surface area contributed by atoms with Crippen molar-refractivity contribution in [1.29, 1.82) is 5.26 Å². The maximum Gasteiger partial charge on any atom is 0.227 e. The van der Waals surface area contributed by atoms with Crippen LogP contribution in [0.2, 0.25) is 5.02 Å². The molecule has 0 fully saturated rings. The smallest absolute Gasteiger partial charge is 0.227 e. The van der Waals surface area contributed by atoms with Crippen molar-refractivity contribution in [2.45, 2.75) is 12.5 Å². The van der Waals surface area contributed by atoms with E-state index in [1.54, 1.807) is 30.5 Å². The Kier molecular flexibility index (Phi) is 4.69. The quantitative estimate of drug-likeness (QED) is 0.381. The van der Waals surface area contributed by atoms with Gasteiger partial charge in [0.1, 0.15) is 10.4 Å². The van der Waals surface area contributed by atoms with Gasteiger partial charge in [0.2, 0.25) is 5.95 Å². The van der Waals surface area contributed by atoms with Crippen LogP contribution in [0.25, 0.3) is 10.9 Å². The summed E-state index contributed by atoms with van der Waals surface area (Å²) in [5.74, 6) is 0.136. The molecule has 5 rings (SSSR count). The van der Waals surface area contributed by atoms with Crippen LogP contribution in [0.3, 0.4) is 0 Å². The molecule has 0 saturated heterocycles. The lowest BCUT2D eigenvalue weighted by atomic mass is 9.92. The number of H-pyrrole nitrogens is 1. The highest BCUT2D eigenvalue weighted by Gasteiger charge is 2.33. The fraction of sp³-hybridized carbons (Fsp3) is 0.136. The Labute approximate surface area is 185 Å². The molecule has 5 nitrogen and oxygen atoms in total. The van der Waals surface area contributed by atoms with Crippen LogP contribution in [-0.2, 0) is 6.42 Å². The average molecular weight is 483 g/mol. The SMILES string of the molecule is N#Cc1ccc(C2c3[nH]c4cc(F)c(Cl)cc4c3CCN2c2nccc(Br)n2)cc1. The van der Waals surface area contributed by atoms with E-state index >= 15 is 0 Å². The fourth-order valence-electron chi connectivity index (χ4n) is 4.05. The fourth-order valence-corrected chi connectivity index (χ4v) is 4.49. The molecular formula is C22H14BrClFN5. The molecule has 1 aliphatic rings. The number of benzene rings is 2. The van der Waals surface area contributed by atoms with Crippen LogP contribution in [0.5, 0.6) is 0 Å². The predicted octanol–water partition coefficient (Wildman–Crippen LogP) is 5.54. The van der Waals surface area contributed by atoms with Crippen molar-refractivity contribution < 1.29 is 4.39 Å². The number of hydrogen-bond acceptors (Lipinski definition) is 4. The first-order chi connectivity index (χ1) is 14.5. The summed E-state index contributed by atoms with van der Waals surface area (Å²) >= 11 is 9.48. The molecule has 1 aliphatic heterocycles. The summed E-state index contributed by atoms with van der Waals surface area (Å²) in [4.78, 5) is 14.5. The number of halogens is 3. The molecule has 0 bridgehead atoms. The van der Waals surface area contributed by atoms with Crippen LogP contribution < -0.4 is 4.90 Å². The molecular weight excluding hydrogens is 469 g/mol. The minimum atomic E-state index is -0.454. The molecule has 30 heavy (non-hydrogen) atoms. The van der Waals surface area contributed by atoms with Gasteiger partial charge in [0.25, 0.3) is 0 Å². The number of anilines is 1. The zero-order valence-electron chi connectivity index (χ0n) is 15.5. The number of fused-ring (bicyclic) bond motifs is 3. The van der Waals surface area contributed by atoms with Gasteiger partial charge in [-0.2, -0.15) is 5.26 Å². The summed E-state index contributed by atoms with van der Waals surface area (Å²) in [5, 5.41) is 10.2. The Morgan fingerprint density at radius 3 is 2.77 bits per heavy atom. The molecule has 8 heteroatoms. The third kappa shape index (κ3) is 3.13. The zero-order valence-corrected chi connectivity index (χ0v) is 17.9. The number of nitrogens with one attached hydrogen (secondary N) is 1. The van der Waals surface area contributed by atoms with Crippen LogP contribution in [0.15, 0.2) is 53.3 Å². The Morgan fingerprint density at radius 1 is 1.23 bits per heavy atom. The second-order valence-corrected chi connectivity index (χ2v) is 8.31. The molecule has 0 saturated carbocycles. The second-order valence-electron chi connectivity index (χ2n) is 7.09. The van der Waals surface area contributed by atoms with E-state index in [4.69, 9.17) is 16.9 Å². The van der Waals surface area contributed by atoms with E-state index in [-0.39, 0.29) is 11.1 Å². The van der Waals surface area contributed by atoms with E-state index in [1.807, 2.05) is 12.1 Å². The van der Waals surface area contributed by atoms with Crippen LogP contribution in [0.1, 0.15) is 28.4 Å². The molecule has 0 radical (unpaired) electrons. The monoisotopic (exact) mass is 481 g/mol. The van der Waals surface area contributed by atoms with Crippen LogP contribution in [0.4, 0.5) is 10.3 Å². The molecule has 2 aromatic carbocycles. The van der Waals surface area contributed by atoms with Gasteiger partial charge in [-0.25, -0.2) is 14.4 Å².